The van der Waals surface area contributed by atoms with Crippen molar-refractivity contribution in [2.45, 2.75) is 45.6 Å². The SMILES string of the molecule is CCOP(=O)(O)c1ccc2c(c1)c(C(C)=O)cn2CC(=O)N1C[C@H](F)C[C@H]1C(=O)NCc1cccc(Cl)c1F. The first kappa shape index (κ1) is 28.9. The zero-order valence-electron chi connectivity index (χ0n) is 21.2. The molecule has 0 radical (unpaired) electrons. The number of nitrogens with zero attached hydrogens (tertiary/aromatic N) is 2. The van der Waals surface area contributed by atoms with E-state index in [1.54, 1.807) is 6.92 Å². The molecule has 3 atom stereocenters. The lowest BCUT2D eigenvalue weighted by Crippen LogP contribution is -2.46. The lowest BCUT2D eigenvalue weighted by molar-refractivity contribution is -0.139. The largest absolute Gasteiger partial charge is 0.358 e. The van der Waals surface area contributed by atoms with Crippen LogP contribution in [0.15, 0.2) is 42.6 Å². The highest BCUT2D eigenvalue weighted by molar-refractivity contribution is 7.61. The third-order valence-electron chi connectivity index (χ3n) is 6.54. The number of likely N-dealkylation sites (tertiary alicyclic amines) is 1. The number of carbonyl (C=O) groups is 3. The fraction of sp³-hybridized carbons (Fsp3) is 0.346. The number of carbonyl (C=O) groups excluding carboxylic acids is 3. The van der Waals surface area contributed by atoms with Crippen LogP contribution in [0.5, 0.6) is 0 Å². The first-order valence-electron chi connectivity index (χ1n) is 12.2. The Balaban J connectivity index is 1.56. The summed E-state index contributed by atoms with van der Waals surface area (Å²) < 4.78 is 47.5. The number of rotatable bonds is 9. The molecule has 4 rings (SSSR count). The first-order chi connectivity index (χ1) is 18.4. The van der Waals surface area contributed by atoms with E-state index < -0.39 is 37.4 Å². The molecule has 0 spiro atoms. The number of Topliss-reactive ketones (excluding diaryl/α,β-unsaturated/α-hetero) is 1. The Labute approximate surface area is 228 Å². The molecule has 2 amide bonds. The van der Waals surface area contributed by atoms with E-state index in [0.717, 1.165) is 4.90 Å². The number of ketones is 1. The Bertz CT molecular complexity index is 1500. The second-order valence-electron chi connectivity index (χ2n) is 9.19. The van der Waals surface area contributed by atoms with Crippen molar-refractivity contribution in [3.8, 4) is 0 Å². The summed E-state index contributed by atoms with van der Waals surface area (Å²) in [6.45, 7) is 2.11. The summed E-state index contributed by atoms with van der Waals surface area (Å²) in [4.78, 5) is 49.8. The molecule has 3 aromatic rings. The van der Waals surface area contributed by atoms with Crippen molar-refractivity contribution in [3.63, 3.8) is 0 Å². The molecule has 1 saturated heterocycles. The van der Waals surface area contributed by atoms with Crippen LogP contribution >= 0.6 is 19.2 Å². The molecule has 0 bridgehead atoms. The summed E-state index contributed by atoms with van der Waals surface area (Å²) in [5, 5.41) is 2.80. The molecular formula is C26H27ClF2N3O6P. The van der Waals surface area contributed by atoms with Gasteiger partial charge in [-0.25, -0.2) is 8.78 Å². The van der Waals surface area contributed by atoms with Gasteiger partial charge in [0.15, 0.2) is 5.78 Å². The Morgan fingerprint density at radius 2 is 2.00 bits per heavy atom. The van der Waals surface area contributed by atoms with Crippen LogP contribution in [0.3, 0.4) is 0 Å². The maximum absolute atomic E-state index is 14.4. The Hall–Kier alpha value is -3.11. The van der Waals surface area contributed by atoms with Crippen LogP contribution in [-0.2, 0) is 31.8 Å². The van der Waals surface area contributed by atoms with E-state index in [2.05, 4.69) is 5.32 Å². The van der Waals surface area contributed by atoms with Gasteiger partial charge in [0.1, 0.15) is 24.6 Å². The van der Waals surface area contributed by atoms with Crippen molar-refractivity contribution >= 4 is 53.0 Å². The number of hydrogen-bond donors (Lipinski definition) is 2. The smallest absolute Gasteiger partial charge is 0.350 e. The summed E-state index contributed by atoms with van der Waals surface area (Å²) in [6.07, 6.45) is -0.202. The average molecular weight is 582 g/mol. The zero-order chi connectivity index (χ0) is 28.5. The molecule has 2 aromatic carbocycles. The second kappa shape index (κ2) is 11.6. The van der Waals surface area contributed by atoms with E-state index in [-0.39, 0.29) is 59.9 Å². The van der Waals surface area contributed by atoms with E-state index in [9.17, 15) is 32.6 Å². The number of alkyl halides is 1. The van der Waals surface area contributed by atoms with Gasteiger partial charge in [0.05, 0.1) is 23.5 Å². The Morgan fingerprint density at radius 1 is 1.26 bits per heavy atom. The predicted octanol–water partition coefficient (Wildman–Crippen LogP) is 3.74. The molecule has 0 aliphatic carbocycles. The topological polar surface area (TPSA) is 118 Å². The normalized spacial score (nSPS) is 18.8. The fourth-order valence-corrected chi connectivity index (χ4v) is 5.90. The zero-order valence-corrected chi connectivity index (χ0v) is 22.8. The Kier molecular flexibility index (Phi) is 8.56. The molecule has 1 aromatic heterocycles. The average Bonchev–Trinajstić information content (AvgIpc) is 3.45. The van der Waals surface area contributed by atoms with E-state index in [4.69, 9.17) is 16.1 Å². The van der Waals surface area contributed by atoms with E-state index in [1.807, 2.05) is 0 Å². The maximum Gasteiger partial charge on any atom is 0.358 e. The highest BCUT2D eigenvalue weighted by Gasteiger charge is 2.40. The van der Waals surface area contributed by atoms with Crippen molar-refractivity contribution in [3.05, 3.63) is 64.6 Å². The minimum atomic E-state index is -4.11. The molecule has 2 heterocycles. The summed E-state index contributed by atoms with van der Waals surface area (Å²) in [6, 6.07) is 7.50. The number of aromatic nitrogens is 1. The summed E-state index contributed by atoms with van der Waals surface area (Å²) in [7, 11) is -4.11. The van der Waals surface area contributed by atoms with E-state index in [0.29, 0.717) is 10.9 Å². The lowest BCUT2D eigenvalue weighted by Gasteiger charge is -2.24. The molecule has 1 aliphatic rings. The maximum atomic E-state index is 14.4. The third kappa shape index (κ3) is 6.06. The van der Waals surface area contributed by atoms with Crippen LogP contribution in [0.1, 0.15) is 36.2 Å². The monoisotopic (exact) mass is 581 g/mol. The van der Waals surface area contributed by atoms with Crippen LogP contribution < -0.4 is 10.6 Å². The minimum Gasteiger partial charge on any atom is -0.350 e. The van der Waals surface area contributed by atoms with E-state index >= 15 is 0 Å². The van der Waals surface area contributed by atoms with Gasteiger partial charge in [-0.3, -0.25) is 18.9 Å². The Morgan fingerprint density at radius 3 is 2.69 bits per heavy atom. The van der Waals surface area contributed by atoms with E-state index in [1.165, 1.54) is 54.1 Å². The number of amides is 2. The van der Waals surface area contributed by atoms with Crippen molar-refractivity contribution in [2.75, 3.05) is 13.2 Å². The molecule has 9 nitrogen and oxygen atoms in total. The predicted molar refractivity (Wildman–Crippen MR) is 141 cm³/mol. The van der Waals surface area contributed by atoms with Crippen molar-refractivity contribution in [2.24, 2.45) is 0 Å². The van der Waals surface area contributed by atoms with Crippen molar-refractivity contribution in [1.82, 2.24) is 14.8 Å². The van der Waals surface area contributed by atoms with Gasteiger partial charge in [0, 0.05) is 41.2 Å². The van der Waals surface area contributed by atoms with Crippen LogP contribution in [0.4, 0.5) is 8.78 Å². The van der Waals surface area contributed by atoms with Gasteiger partial charge in [-0.15, -0.1) is 0 Å². The van der Waals surface area contributed by atoms with Gasteiger partial charge in [-0.2, -0.15) is 0 Å². The molecular weight excluding hydrogens is 555 g/mol. The number of nitrogens with one attached hydrogen (secondary N) is 1. The van der Waals surface area contributed by atoms with Gasteiger partial charge in [-0.1, -0.05) is 23.7 Å². The molecule has 1 fully saturated rings. The number of halogens is 3. The van der Waals surface area contributed by atoms with Crippen LogP contribution in [0, 0.1) is 5.82 Å². The van der Waals surface area contributed by atoms with Crippen LogP contribution in [0.25, 0.3) is 10.9 Å². The van der Waals surface area contributed by atoms with Crippen molar-refractivity contribution in [1.29, 1.82) is 0 Å². The van der Waals surface area contributed by atoms with Crippen LogP contribution in [-0.4, -0.2) is 57.3 Å². The number of fused-ring (bicyclic) bond motifs is 1. The van der Waals surface area contributed by atoms with Gasteiger partial charge in [0.25, 0.3) is 0 Å². The van der Waals surface area contributed by atoms with Gasteiger partial charge < -0.3 is 24.2 Å². The number of benzene rings is 2. The highest BCUT2D eigenvalue weighted by Crippen LogP contribution is 2.41. The fourth-order valence-electron chi connectivity index (χ4n) is 4.65. The van der Waals surface area contributed by atoms with Crippen LogP contribution in [0.2, 0.25) is 5.02 Å². The lowest BCUT2D eigenvalue weighted by atomic mass is 10.1. The van der Waals surface area contributed by atoms with Gasteiger partial charge >= 0.3 is 7.60 Å². The second-order valence-corrected chi connectivity index (χ2v) is 11.4. The van der Waals surface area contributed by atoms with Gasteiger partial charge in [-0.05, 0) is 38.1 Å². The minimum absolute atomic E-state index is 0.00360. The molecule has 13 heteroatoms. The summed E-state index contributed by atoms with van der Waals surface area (Å²) in [5.41, 5.74) is 0.802. The summed E-state index contributed by atoms with van der Waals surface area (Å²) >= 11 is 5.78. The molecule has 1 aliphatic heterocycles. The molecule has 0 saturated carbocycles. The van der Waals surface area contributed by atoms with Gasteiger partial charge in [0.2, 0.25) is 11.8 Å². The van der Waals surface area contributed by atoms with Crippen molar-refractivity contribution < 1.29 is 37.1 Å². The number of hydrogen-bond acceptors (Lipinski definition) is 5. The quantitative estimate of drug-likeness (QED) is 0.294. The highest BCUT2D eigenvalue weighted by atomic mass is 35.5. The molecule has 208 valence electrons. The summed E-state index contributed by atoms with van der Waals surface area (Å²) in [5.74, 6) is -2.21. The standard InChI is InChI=1S/C26H27ClF2N3O6P/c1-3-38-39(36,37)18-7-8-22-19(10-18)20(15(2)33)13-31(22)14-24(34)32-12-17(28)9-23(32)26(35)30-11-16-5-4-6-21(27)25(16)29/h4-8,10,13,17,23H,3,9,11-12,14H2,1-2H3,(H,30,35)(H,36,37)/t17-,23+/m1/s1. The first-order valence-corrected chi connectivity index (χ1v) is 14.1. The third-order valence-corrected chi connectivity index (χ3v) is 8.37. The molecule has 1 unspecified atom stereocenters. The molecule has 2 N–H and O–H groups in total. The molecule has 39 heavy (non-hydrogen) atoms.